The number of nitrogen functional groups attached to an aromatic ring is 1. The van der Waals surface area contributed by atoms with Crippen LogP contribution in [0.25, 0.3) is 11.2 Å². The zero-order valence-corrected chi connectivity index (χ0v) is 15.5. The Morgan fingerprint density at radius 3 is 2.77 bits per heavy atom. The van der Waals surface area contributed by atoms with Crippen molar-refractivity contribution >= 4 is 30.5 Å². The summed E-state index contributed by atoms with van der Waals surface area (Å²) in [6, 6.07) is 0. The van der Waals surface area contributed by atoms with Crippen molar-refractivity contribution in [1.82, 2.24) is 24.4 Å². The van der Waals surface area contributed by atoms with Crippen molar-refractivity contribution in [3.05, 3.63) is 6.33 Å². The number of aromatic nitrogens is 4. The fourth-order valence-corrected chi connectivity index (χ4v) is 2.61. The lowest BCUT2D eigenvalue weighted by molar-refractivity contribution is 0.0202. The molecule has 0 aromatic carbocycles. The lowest BCUT2D eigenvalue weighted by Crippen LogP contribution is -2.24. The Bertz CT molecular complexity index is 778. The number of rotatable bonds is 10. The summed E-state index contributed by atoms with van der Waals surface area (Å²) >= 11 is 0. The third kappa shape index (κ3) is 5.87. The predicted octanol–water partition coefficient (Wildman–Crippen LogP) is -1.11. The summed E-state index contributed by atoms with van der Waals surface area (Å²) in [4.78, 5) is 32.4. The number of imidazole rings is 1. The van der Waals surface area contributed by atoms with Crippen molar-refractivity contribution in [2.45, 2.75) is 12.6 Å². The molecule has 0 aliphatic rings. The van der Waals surface area contributed by atoms with E-state index in [0.717, 1.165) is 6.54 Å². The summed E-state index contributed by atoms with van der Waals surface area (Å²) in [5.74, 6) is 0.549. The Morgan fingerprint density at radius 2 is 2.15 bits per heavy atom. The van der Waals surface area contributed by atoms with E-state index in [1.807, 2.05) is 19.0 Å². The minimum Gasteiger partial charge on any atom is -0.394 e. The van der Waals surface area contributed by atoms with Gasteiger partial charge in [-0.15, -0.1) is 0 Å². The molecule has 0 radical (unpaired) electrons. The molecular weight excluding hydrogens is 365 g/mol. The van der Waals surface area contributed by atoms with Gasteiger partial charge in [0.1, 0.15) is 6.35 Å². The summed E-state index contributed by atoms with van der Waals surface area (Å²) in [5, 5.41) is 12.5. The number of nitrogens with zero attached hydrogens (tertiary/aromatic N) is 5. The number of ether oxygens (including phenoxy) is 1. The molecule has 0 amide bonds. The summed E-state index contributed by atoms with van der Waals surface area (Å²) < 4.78 is 17.6. The summed E-state index contributed by atoms with van der Waals surface area (Å²) in [7, 11) is -0.422. The van der Waals surface area contributed by atoms with Gasteiger partial charge in [-0.1, -0.05) is 0 Å². The van der Waals surface area contributed by atoms with Gasteiger partial charge in [-0.3, -0.25) is 4.57 Å². The van der Waals surface area contributed by atoms with Gasteiger partial charge in [0, 0.05) is 13.1 Å². The van der Waals surface area contributed by atoms with Crippen LogP contribution >= 0.6 is 7.60 Å². The summed E-state index contributed by atoms with van der Waals surface area (Å²) in [5.41, 5.74) is 6.70. The van der Waals surface area contributed by atoms with Gasteiger partial charge in [-0.05, 0) is 14.1 Å². The Labute approximate surface area is 150 Å². The van der Waals surface area contributed by atoms with Gasteiger partial charge in [-0.25, -0.2) is 4.98 Å². The number of hydrogen-bond acceptors (Lipinski definition) is 9. The van der Waals surface area contributed by atoms with Gasteiger partial charge in [0.25, 0.3) is 0 Å². The molecular formula is C13H24N7O5P. The van der Waals surface area contributed by atoms with Gasteiger partial charge < -0.3 is 40.1 Å². The van der Waals surface area contributed by atoms with Crippen LogP contribution < -0.4 is 11.1 Å². The molecule has 0 bridgehead atoms. The number of anilines is 2. The first-order chi connectivity index (χ1) is 12.2. The Balaban J connectivity index is 2.18. The molecule has 2 heterocycles. The number of likely N-dealkylation sites (N-methyl/N-ethyl adjacent to an activating group) is 1. The molecule has 6 N–H and O–H groups in total. The van der Waals surface area contributed by atoms with E-state index in [9.17, 15) is 9.67 Å². The maximum atomic E-state index is 10.9. The molecule has 13 heteroatoms. The molecule has 0 unspecified atom stereocenters. The Hall–Kier alpha value is -1.82. The van der Waals surface area contributed by atoms with E-state index in [-0.39, 0.29) is 12.5 Å². The van der Waals surface area contributed by atoms with E-state index in [4.69, 9.17) is 20.3 Å². The van der Waals surface area contributed by atoms with Crippen LogP contribution in [0, 0.1) is 0 Å². The highest BCUT2D eigenvalue weighted by atomic mass is 31.2. The van der Waals surface area contributed by atoms with E-state index in [1.165, 1.54) is 6.33 Å². The second kappa shape index (κ2) is 8.71. The van der Waals surface area contributed by atoms with Crippen molar-refractivity contribution in [1.29, 1.82) is 0 Å². The highest BCUT2D eigenvalue weighted by Crippen LogP contribution is 2.34. The van der Waals surface area contributed by atoms with E-state index < -0.39 is 26.7 Å². The quantitative estimate of drug-likeness (QED) is 0.312. The molecule has 0 saturated carbocycles. The van der Waals surface area contributed by atoms with Crippen molar-refractivity contribution in [2.75, 3.05) is 51.2 Å². The summed E-state index contributed by atoms with van der Waals surface area (Å²) in [6.45, 7) is 1.10. The lowest BCUT2D eigenvalue weighted by atomic mass is 10.3. The monoisotopic (exact) mass is 389 g/mol. The third-order valence-electron chi connectivity index (χ3n) is 3.42. The van der Waals surface area contributed by atoms with E-state index >= 15 is 0 Å². The first-order valence-electron chi connectivity index (χ1n) is 7.83. The molecule has 0 aliphatic carbocycles. The van der Waals surface area contributed by atoms with E-state index in [2.05, 4.69) is 20.3 Å². The lowest BCUT2D eigenvalue weighted by Gasteiger charge is -2.17. The first-order valence-corrected chi connectivity index (χ1v) is 9.63. The van der Waals surface area contributed by atoms with Crippen molar-refractivity contribution in [2.24, 2.45) is 0 Å². The molecule has 2 aromatic heterocycles. The molecule has 0 aliphatic heterocycles. The fraction of sp³-hybridized carbons (Fsp3) is 0.615. The van der Waals surface area contributed by atoms with Crippen LogP contribution in [0.15, 0.2) is 6.33 Å². The average Bonchev–Trinajstić information content (AvgIpc) is 2.92. The zero-order valence-electron chi connectivity index (χ0n) is 14.6. The topological polar surface area (TPSA) is 172 Å². The van der Waals surface area contributed by atoms with Gasteiger partial charge in [0.15, 0.2) is 17.0 Å². The second-order valence-corrected chi connectivity index (χ2v) is 7.58. The number of fused-ring (bicyclic) bond motifs is 1. The first kappa shape index (κ1) is 20.5. The van der Waals surface area contributed by atoms with Crippen LogP contribution in [0.3, 0.4) is 0 Å². The highest BCUT2D eigenvalue weighted by molar-refractivity contribution is 7.51. The van der Waals surface area contributed by atoms with Crippen LogP contribution in [-0.2, 0) is 15.8 Å². The third-order valence-corrected chi connectivity index (χ3v) is 3.90. The molecule has 1 atom stereocenters. The predicted molar refractivity (Wildman–Crippen MR) is 95.6 cm³/mol. The van der Waals surface area contributed by atoms with Crippen molar-refractivity contribution in [3.8, 4) is 0 Å². The molecule has 0 spiro atoms. The number of nitrogens with one attached hydrogen (secondary N) is 1. The number of hydrogen-bond donors (Lipinski definition) is 5. The summed E-state index contributed by atoms with van der Waals surface area (Å²) in [6.07, 6.45) is -0.125. The highest BCUT2D eigenvalue weighted by Gasteiger charge is 2.20. The van der Waals surface area contributed by atoms with Crippen LogP contribution in [-0.4, -0.2) is 85.6 Å². The van der Waals surface area contributed by atoms with Gasteiger partial charge in [0.2, 0.25) is 5.95 Å². The Kier molecular flexibility index (Phi) is 6.87. The van der Waals surface area contributed by atoms with E-state index in [0.29, 0.717) is 23.5 Å². The van der Waals surface area contributed by atoms with Crippen molar-refractivity contribution < 1.29 is 24.2 Å². The molecule has 26 heavy (non-hydrogen) atoms. The molecule has 12 nitrogen and oxygen atoms in total. The standard InChI is InChI=1S/C13H24N7O5P/c1-19(2)4-3-15-11-10-12(18-13(14)17-11)20(7-16-10)5-9(6-21)25-8-26(22,23)24/h7,9,21H,3-6,8H2,1-2H3,(H2,22,23,24)(H3,14,15,17,18)/t9-/m0/s1. The van der Waals surface area contributed by atoms with Gasteiger partial charge in [0.05, 0.1) is 25.6 Å². The van der Waals surface area contributed by atoms with E-state index in [1.54, 1.807) is 4.57 Å². The molecule has 146 valence electrons. The molecule has 2 aromatic rings. The van der Waals surface area contributed by atoms with Gasteiger partial charge >= 0.3 is 7.60 Å². The number of aliphatic hydroxyl groups excluding tert-OH is 1. The SMILES string of the molecule is CN(C)CCNc1nc(N)nc2c1ncn2C[C@@H](CO)OCP(=O)(O)O. The van der Waals surface area contributed by atoms with Crippen LogP contribution in [0.4, 0.5) is 11.8 Å². The van der Waals surface area contributed by atoms with Crippen LogP contribution in [0.1, 0.15) is 0 Å². The normalized spacial score (nSPS) is 13.5. The molecule has 2 rings (SSSR count). The largest absolute Gasteiger partial charge is 0.394 e. The molecule has 0 saturated heterocycles. The smallest absolute Gasteiger partial charge is 0.350 e. The number of nitrogens with two attached hydrogens (primary N) is 1. The fourth-order valence-electron chi connectivity index (χ4n) is 2.20. The second-order valence-electron chi connectivity index (χ2n) is 5.99. The molecule has 0 fully saturated rings. The maximum absolute atomic E-state index is 10.9. The maximum Gasteiger partial charge on any atom is 0.350 e. The van der Waals surface area contributed by atoms with Crippen LogP contribution in [0.5, 0.6) is 0 Å². The van der Waals surface area contributed by atoms with Crippen molar-refractivity contribution in [3.63, 3.8) is 0 Å². The van der Waals surface area contributed by atoms with Crippen LogP contribution in [0.2, 0.25) is 0 Å². The Morgan fingerprint density at radius 1 is 1.42 bits per heavy atom. The number of aliphatic hydroxyl groups is 1. The zero-order chi connectivity index (χ0) is 19.3. The average molecular weight is 389 g/mol. The minimum absolute atomic E-state index is 0.0586. The minimum atomic E-state index is -4.33. The van der Waals surface area contributed by atoms with Gasteiger partial charge in [-0.2, -0.15) is 9.97 Å².